The number of benzene rings is 2. The minimum absolute atomic E-state index is 0.137. The largest absolute Gasteiger partial charge is 0.495 e. The molecule has 1 amide bonds. The minimum Gasteiger partial charge on any atom is -0.495 e. The molecule has 0 fully saturated rings. The molecular weight excluding hydrogens is 416 g/mol. The zero-order valence-electron chi connectivity index (χ0n) is 18.0. The molecule has 0 spiro atoms. The molecule has 3 rings (SSSR count). The summed E-state index contributed by atoms with van der Waals surface area (Å²) in [6.45, 7) is 2.73. The number of ether oxygens (including phenoxy) is 3. The molecule has 1 heterocycles. The van der Waals surface area contributed by atoms with Crippen LogP contribution in [0.15, 0.2) is 47.6 Å². The van der Waals surface area contributed by atoms with Crippen LogP contribution in [0.25, 0.3) is 0 Å². The van der Waals surface area contributed by atoms with E-state index in [1.807, 2.05) is 41.8 Å². The Morgan fingerprint density at radius 3 is 2.45 bits per heavy atom. The summed E-state index contributed by atoms with van der Waals surface area (Å²) < 4.78 is 18.0. The fraction of sp³-hybridized carbons (Fsp3) is 0.318. The van der Waals surface area contributed by atoms with Crippen LogP contribution in [0.3, 0.4) is 0 Å². The van der Waals surface area contributed by atoms with Gasteiger partial charge in [-0.05, 0) is 36.8 Å². The zero-order chi connectivity index (χ0) is 22.2. The van der Waals surface area contributed by atoms with Gasteiger partial charge in [0.15, 0.2) is 16.7 Å². The molecule has 164 valence electrons. The number of carbonyl (C=O) groups excluding carboxylic acids is 1. The molecule has 0 radical (unpaired) electrons. The van der Waals surface area contributed by atoms with Crippen LogP contribution >= 0.6 is 11.8 Å². The molecule has 0 saturated heterocycles. The van der Waals surface area contributed by atoms with Gasteiger partial charge in [-0.1, -0.05) is 30.0 Å². The fourth-order valence-electron chi connectivity index (χ4n) is 3.11. The first-order chi connectivity index (χ1) is 15.1. The van der Waals surface area contributed by atoms with Gasteiger partial charge < -0.3 is 24.1 Å². The third-order valence-corrected chi connectivity index (χ3v) is 5.60. The van der Waals surface area contributed by atoms with Gasteiger partial charge >= 0.3 is 0 Å². The number of anilines is 1. The zero-order valence-corrected chi connectivity index (χ0v) is 18.9. The van der Waals surface area contributed by atoms with Crippen LogP contribution in [0.5, 0.6) is 17.2 Å². The molecule has 1 N–H and O–H groups in total. The van der Waals surface area contributed by atoms with Crippen LogP contribution in [0.2, 0.25) is 0 Å². The third kappa shape index (κ3) is 5.49. The topological polar surface area (TPSA) is 87.5 Å². The minimum atomic E-state index is -0.137. The third-order valence-electron chi connectivity index (χ3n) is 4.63. The maximum Gasteiger partial charge on any atom is 0.234 e. The van der Waals surface area contributed by atoms with Gasteiger partial charge in [0, 0.05) is 13.0 Å². The van der Waals surface area contributed by atoms with Crippen molar-refractivity contribution in [2.24, 2.45) is 0 Å². The molecule has 9 heteroatoms. The number of para-hydroxylation sites is 2. The number of nitrogens with zero attached hydrogens (tertiary/aromatic N) is 3. The molecule has 0 aliphatic heterocycles. The molecule has 0 unspecified atom stereocenters. The maximum absolute atomic E-state index is 12.4. The van der Waals surface area contributed by atoms with E-state index in [9.17, 15) is 4.79 Å². The molecular formula is C22H26N4O4S. The molecule has 1 aromatic heterocycles. The lowest BCUT2D eigenvalue weighted by molar-refractivity contribution is -0.113. The quantitative estimate of drug-likeness (QED) is 0.480. The van der Waals surface area contributed by atoms with Gasteiger partial charge in [0.05, 0.1) is 32.8 Å². The molecule has 0 atom stereocenters. The summed E-state index contributed by atoms with van der Waals surface area (Å²) in [5, 5.41) is 12.2. The smallest absolute Gasteiger partial charge is 0.234 e. The van der Waals surface area contributed by atoms with Gasteiger partial charge in [0.25, 0.3) is 0 Å². The van der Waals surface area contributed by atoms with E-state index in [4.69, 9.17) is 14.2 Å². The van der Waals surface area contributed by atoms with Crippen LogP contribution in [-0.4, -0.2) is 47.8 Å². The summed E-state index contributed by atoms with van der Waals surface area (Å²) in [6, 6.07) is 13.1. The normalized spacial score (nSPS) is 10.6. The number of thioether (sulfide) groups is 1. The van der Waals surface area contributed by atoms with Crippen LogP contribution < -0.4 is 19.5 Å². The van der Waals surface area contributed by atoms with Gasteiger partial charge in [0.1, 0.15) is 11.6 Å². The summed E-state index contributed by atoms with van der Waals surface area (Å²) in [4.78, 5) is 12.4. The van der Waals surface area contributed by atoms with Gasteiger partial charge in [-0.25, -0.2) is 0 Å². The number of hydrogen-bond acceptors (Lipinski definition) is 7. The van der Waals surface area contributed by atoms with Crippen LogP contribution in [0.4, 0.5) is 5.69 Å². The second-order valence-electron chi connectivity index (χ2n) is 6.55. The van der Waals surface area contributed by atoms with Gasteiger partial charge in [-0.3, -0.25) is 4.79 Å². The Hall–Kier alpha value is -3.20. The molecule has 31 heavy (non-hydrogen) atoms. The Kier molecular flexibility index (Phi) is 7.77. The Morgan fingerprint density at radius 2 is 1.74 bits per heavy atom. The van der Waals surface area contributed by atoms with Crippen molar-refractivity contribution in [3.05, 3.63) is 53.9 Å². The standard InChI is InChI=1S/C22H26N4O4S/c1-5-26-20(13-15-10-11-18(29-3)19(12-15)30-4)24-25-22(26)31-14-21(27)23-16-8-6-7-9-17(16)28-2/h6-12H,5,13-14H2,1-4H3,(H,23,27). The van der Waals surface area contributed by atoms with E-state index in [0.717, 1.165) is 11.4 Å². The van der Waals surface area contributed by atoms with E-state index in [1.54, 1.807) is 33.5 Å². The molecule has 3 aromatic rings. The lowest BCUT2D eigenvalue weighted by atomic mass is 10.1. The lowest BCUT2D eigenvalue weighted by Crippen LogP contribution is -2.15. The Morgan fingerprint density at radius 1 is 1.00 bits per heavy atom. The van der Waals surface area contributed by atoms with Gasteiger partial charge in [-0.15, -0.1) is 10.2 Å². The van der Waals surface area contributed by atoms with E-state index < -0.39 is 0 Å². The van der Waals surface area contributed by atoms with E-state index >= 15 is 0 Å². The molecule has 0 aliphatic carbocycles. The van der Waals surface area contributed by atoms with Crippen molar-refractivity contribution in [2.75, 3.05) is 32.4 Å². The summed E-state index contributed by atoms with van der Waals surface area (Å²) in [7, 11) is 4.79. The number of amides is 1. The fourth-order valence-corrected chi connectivity index (χ4v) is 3.93. The Balaban J connectivity index is 1.67. The highest BCUT2D eigenvalue weighted by Crippen LogP contribution is 2.29. The Labute approximate surface area is 185 Å². The lowest BCUT2D eigenvalue weighted by Gasteiger charge is -2.11. The second-order valence-corrected chi connectivity index (χ2v) is 7.49. The molecule has 0 saturated carbocycles. The second kappa shape index (κ2) is 10.7. The number of methoxy groups -OCH3 is 3. The van der Waals surface area contributed by atoms with Gasteiger partial charge in [-0.2, -0.15) is 0 Å². The van der Waals surface area contributed by atoms with Crippen molar-refractivity contribution < 1.29 is 19.0 Å². The van der Waals surface area contributed by atoms with Crippen LogP contribution in [0.1, 0.15) is 18.3 Å². The summed E-state index contributed by atoms with van der Waals surface area (Å²) in [5.41, 5.74) is 1.67. The number of aromatic nitrogens is 3. The van der Waals surface area contributed by atoms with Gasteiger partial charge in [0.2, 0.25) is 5.91 Å². The number of hydrogen-bond donors (Lipinski definition) is 1. The SMILES string of the molecule is CCn1c(Cc2ccc(OC)c(OC)c2)nnc1SCC(=O)Nc1ccccc1OC. The average Bonchev–Trinajstić information content (AvgIpc) is 3.19. The number of rotatable bonds is 10. The molecule has 0 aliphatic rings. The number of nitrogens with one attached hydrogen (secondary N) is 1. The summed E-state index contributed by atoms with van der Waals surface area (Å²) >= 11 is 1.35. The van der Waals surface area contributed by atoms with Crippen molar-refractivity contribution in [2.45, 2.75) is 25.0 Å². The molecule has 2 aromatic carbocycles. The highest BCUT2D eigenvalue weighted by molar-refractivity contribution is 7.99. The molecule has 8 nitrogen and oxygen atoms in total. The van der Waals surface area contributed by atoms with Crippen LogP contribution in [-0.2, 0) is 17.8 Å². The molecule has 0 bridgehead atoms. The first-order valence-corrected chi connectivity index (χ1v) is 10.8. The van der Waals surface area contributed by atoms with Crippen molar-refractivity contribution in [3.8, 4) is 17.2 Å². The predicted octanol–water partition coefficient (Wildman–Crippen LogP) is 3.65. The average molecular weight is 443 g/mol. The van der Waals surface area contributed by atoms with Crippen LogP contribution in [0, 0.1) is 0 Å². The van der Waals surface area contributed by atoms with E-state index in [0.29, 0.717) is 41.1 Å². The first-order valence-electron chi connectivity index (χ1n) is 9.78. The van der Waals surface area contributed by atoms with Crippen molar-refractivity contribution in [3.63, 3.8) is 0 Å². The summed E-state index contributed by atoms with van der Waals surface area (Å²) in [6.07, 6.45) is 0.592. The van der Waals surface area contributed by atoms with Crippen molar-refractivity contribution in [1.82, 2.24) is 14.8 Å². The van der Waals surface area contributed by atoms with E-state index in [-0.39, 0.29) is 11.7 Å². The van der Waals surface area contributed by atoms with E-state index in [2.05, 4.69) is 15.5 Å². The highest BCUT2D eigenvalue weighted by atomic mass is 32.2. The first kappa shape index (κ1) is 22.5. The Bertz CT molecular complexity index is 1040. The van der Waals surface area contributed by atoms with Crippen molar-refractivity contribution in [1.29, 1.82) is 0 Å². The maximum atomic E-state index is 12.4. The van der Waals surface area contributed by atoms with E-state index in [1.165, 1.54) is 11.8 Å². The van der Waals surface area contributed by atoms with Crippen molar-refractivity contribution >= 4 is 23.4 Å². The predicted molar refractivity (Wildman–Crippen MR) is 120 cm³/mol. The number of carbonyl (C=O) groups is 1. The monoisotopic (exact) mass is 442 g/mol. The highest BCUT2D eigenvalue weighted by Gasteiger charge is 2.15. The summed E-state index contributed by atoms with van der Waals surface area (Å²) in [5.74, 6) is 2.87.